The lowest BCUT2D eigenvalue weighted by molar-refractivity contribution is 0.0946. The second-order valence-corrected chi connectivity index (χ2v) is 5.00. The molecule has 0 saturated carbocycles. The van der Waals surface area contributed by atoms with Crippen LogP contribution in [0.3, 0.4) is 0 Å². The van der Waals surface area contributed by atoms with Gasteiger partial charge in [-0.3, -0.25) is 4.79 Å². The second-order valence-electron chi connectivity index (χ2n) is 5.00. The molecule has 3 nitrogen and oxygen atoms in total. The summed E-state index contributed by atoms with van der Waals surface area (Å²) >= 11 is 0. The van der Waals surface area contributed by atoms with Crippen molar-refractivity contribution in [2.45, 2.75) is 13.8 Å². The number of rotatable bonds is 5. The molecule has 0 fully saturated rings. The molecule has 5 heteroatoms. The highest BCUT2D eigenvalue weighted by Crippen LogP contribution is 2.18. The molecule has 2 aromatic carbocycles. The Morgan fingerprint density at radius 2 is 1.86 bits per heavy atom. The highest BCUT2D eigenvalue weighted by Gasteiger charge is 2.09. The van der Waals surface area contributed by atoms with Crippen LogP contribution in [0.1, 0.15) is 21.5 Å². The zero-order chi connectivity index (χ0) is 16.1. The van der Waals surface area contributed by atoms with Gasteiger partial charge in [-0.05, 0) is 43.7 Å². The zero-order valence-electron chi connectivity index (χ0n) is 12.5. The molecule has 0 unspecified atom stereocenters. The fourth-order valence-corrected chi connectivity index (χ4v) is 2.03. The van der Waals surface area contributed by atoms with E-state index in [-0.39, 0.29) is 12.1 Å². The molecule has 0 radical (unpaired) electrons. The number of ether oxygens (including phenoxy) is 1. The first-order valence-electron chi connectivity index (χ1n) is 6.90. The largest absolute Gasteiger partial charge is 0.491 e. The van der Waals surface area contributed by atoms with E-state index in [0.717, 1.165) is 29.0 Å². The van der Waals surface area contributed by atoms with Gasteiger partial charge in [0.15, 0.2) is 11.6 Å². The summed E-state index contributed by atoms with van der Waals surface area (Å²) in [4.78, 5) is 11.8. The maximum absolute atomic E-state index is 13.0. The monoisotopic (exact) mass is 305 g/mol. The summed E-state index contributed by atoms with van der Waals surface area (Å²) in [7, 11) is 0. The van der Waals surface area contributed by atoms with E-state index in [1.807, 2.05) is 32.0 Å². The van der Waals surface area contributed by atoms with Crippen molar-refractivity contribution in [1.29, 1.82) is 0 Å². The summed E-state index contributed by atoms with van der Waals surface area (Å²) in [5.74, 6) is -1.73. The van der Waals surface area contributed by atoms with E-state index in [1.54, 1.807) is 0 Å². The summed E-state index contributed by atoms with van der Waals surface area (Å²) < 4.78 is 31.4. The van der Waals surface area contributed by atoms with E-state index in [1.165, 1.54) is 6.07 Å². The Kier molecular flexibility index (Phi) is 5.09. The molecule has 0 spiro atoms. The van der Waals surface area contributed by atoms with Gasteiger partial charge >= 0.3 is 0 Å². The van der Waals surface area contributed by atoms with Crippen molar-refractivity contribution in [3.63, 3.8) is 0 Å². The Morgan fingerprint density at radius 3 is 2.55 bits per heavy atom. The Bertz CT molecular complexity index is 686. The maximum atomic E-state index is 13.0. The quantitative estimate of drug-likeness (QED) is 0.860. The normalized spacial score (nSPS) is 10.4. The molecule has 22 heavy (non-hydrogen) atoms. The van der Waals surface area contributed by atoms with Crippen LogP contribution in [-0.4, -0.2) is 19.1 Å². The van der Waals surface area contributed by atoms with Crippen LogP contribution in [0, 0.1) is 25.5 Å². The number of carbonyl (C=O) groups excluding carboxylic acids is 1. The number of hydrogen-bond acceptors (Lipinski definition) is 2. The number of nitrogens with one attached hydrogen (secondary N) is 1. The summed E-state index contributed by atoms with van der Waals surface area (Å²) in [5.41, 5.74) is 2.24. The van der Waals surface area contributed by atoms with Crippen molar-refractivity contribution in [2.75, 3.05) is 13.2 Å². The van der Waals surface area contributed by atoms with Crippen molar-refractivity contribution in [3.05, 3.63) is 64.7 Å². The molecule has 1 amide bonds. The lowest BCUT2D eigenvalue weighted by atomic mass is 10.1. The van der Waals surface area contributed by atoms with Gasteiger partial charge in [0.2, 0.25) is 0 Å². The van der Waals surface area contributed by atoms with Crippen molar-refractivity contribution < 1.29 is 18.3 Å². The molecule has 0 bridgehead atoms. The van der Waals surface area contributed by atoms with Gasteiger partial charge in [0.05, 0.1) is 6.54 Å². The summed E-state index contributed by atoms with van der Waals surface area (Å²) in [6, 6.07) is 8.87. The zero-order valence-corrected chi connectivity index (χ0v) is 12.5. The first kappa shape index (κ1) is 15.9. The van der Waals surface area contributed by atoms with E-state index >= 15 is 0 Å². The van der Waals surface area contributed by atoms with Gasteiger partial charge in [0.25, 0.3) is 5.91 Å². The average molecular weight is 305 g/mol. The summed E-state index contributed by atoms with van der Waals surface area (Å²) in [5, 5.41) is 2.59. The van der Waals surface area contributed by atoms with Crippen LogP contribution < -0.4 is 10.1 Å². The molecular formula is C17H17F2NO2. The van der Waals surface area contributed by atoms with Crippen LogP contribution in [-0.2, 0) is 0 Å². The van der Waals surface area contributed by atoms with Crippen molar-refractivity contribution in [1.82, 2.24) is 5.32 Å². The van der Waals surface area contributed by atoms with Crippen molar-refractivity contribution >= 4 is 5.91 Å². The average Bonchev–Trinajstić information content (AvgIpc) is 2.48. The van der Waals surface area contributed by atoms with Gasteiger partial charge in [-0.25, -0.2) is 8.78 Å². The van der Waals surface area contributed by atoms with Crippen LogP contribution in [0.15, 0.2) is 36.4 Å². The number of halogens is 2. The molecule has 0 aliphatic carbocycles. The van der Waals surface area contributed by atoms with Gasteiger partial charge in [0.1, 0.15) is 12.4 Å². The van der Waals surface area contributed by atoms with Crippen LogP contribution in [0.4, 0.5) is 8.78 Å². The van der Waals surface area contributed by atoms with Crippen LogP contribution in [0.2, 0.25) is 0 Å². The topological polar surface area (TPSA) is 38.3 Å². The predicted octanol–water partition coefficient (Wildman–Crippen LogP) is 3.39. The van der Waals surface area contributed by atoms with Gasteiger partial charge < -0.3 is 10.1 Å². The third-order valence-electron chi connectivity index (χ3n) is 3.16. The SMILES string of the molecule is Cc1ccc(OCCNC(=O)c2ccc(F)c(F)c2)c(C)c1. The Hall–Kier alpha value is -2.43. The molecular weight excluding hydrogens is 288 g/mol. The number of carbonyl (C=O) groups is 1. The molecule has 116 valence electrons. The summed E-state index contributed by atoms with van der Waals surface area (Å²) in [6.07, 6.45) is 0. The lowest BCUT2D eigenvalue weighted by Crippen LogP contribution is -2.28. The van der Waals surface area contributed by atoms with Crippen LogP contribution in [0.25, 0.3) is 0 Å². The molecule has 2 rings (SSSR count). The van der Waals surface area contributed by atoms with Gasteiger partial charge in [0, 0.05) is 5.56 Å². The minimum atomic E-state index is -1.04. The van der Waals surface area contributed by atoms with Crippen LogP contribution >= 0.6 is 0 Å². The van der Waals surface area contributed by atoms with Gasteiger partial charge in [-0.1, -0.05) is 17.7 Å². The highest BCUT2D eigenvalue weighted by atomic mass is 19.2. The van der Waals surface area contributed by atoms with Crippen LogP contribution in [0.5, 0.6) is 5.75 Å². The predicted molar refractivity (Wildman–Crippen MR) is 80.1 cm³/mol. The Labute approximate surface area is 127 Å². The van der Waals surface area contributed by atoms with Crippen molar-refractivity contribution in [3.8, 4) is 5.75 Å². The number of aryl methyl sites for hydroxylation is 2. The third kappa shape index (κ3) is 4.04. The third-order valence-corrected chi connectivity index (χ3v) is 3.16. The molecule has 2 aromatic rings. The van der Waals surface area contributed by atoms with E-state index < -0.39 is 17.5 Å². The molecule has 0 aliphatic rings. The first-order valence-corrected chi connectivity index (χ1v) is 6.90. The van der Waals surface area contributed by atoms with Gasteiger partial charge in [-0.2, -0.15) is 0 Å². The first-order chi connectivity index (χ1) is 10.5. The van der Waals surface area contributed by atoms with E-state index in [9.17, 15) is 13.6 Å². The standard InChI is InChI=1S/C17H17F2NO2/c1-11-3-6-16(12(2)9-11)22-8-7-20-17(21)13-4-5-14(18)15(19)10-13/h3-6,9-10H,7-8H2,1-2H3,(H,20,21). The van der Waals surface area contributed by atoms with Gasteiger partial charge in [-0.15, -0.1) is 0 Å². The molecule has 0 saturated heterocycles. The van der Waals surface area contributed by atoms with E-state index in [0.29, 0.717) is 6.61 Å². The minimum absolute atomic E-state index is 0.0745. The second kappa shape index (κ2) is 7.02. The maximum Gasteiger partial charge on any atom is 0.251 e. The molecule has 1 N–H and O–H groups in total. The molecule has 0 atom stereocenters. The fourth-order valence-electron chi connectivity index (χ4n) is 2.03. The summed E-state index contributed by atoms with van der Waals surface area (Å²) in [6.45, 7) is 4.51. The number of benzene rings is 2. The number of amides is 1. The molecule has 0 heterocycles. The van der Waals surface area contributed by atoms with E-state index in [2.05, 4.69) is 5.32 Å². The van der Waals surface area contributed by atoms with E-state index in [4.69, 9.17) is 4.74 Å². The van der Waals surface area contributed by atoms with Crippen molar-refractivity contribution in [2.24, 2.45) is 0 Å². The Morgan fingerprint density at radius 1 is 1.09 bits per heavy atom. The molecule has 0 aliphatic heterocycles. The highest BCUT2D eigenvalue weighted by molar-refractivity contribution is 5.94. The smallest absolute Gasteiger partial charge is 0.251 e. The fraction of sp³-hybridized carbons (Fsp3) is 0.235. The Balaban J connectivity index is 1.83. The number of hydrogen-bond donors (Lipinski definition) is 1. The molecule has 0 aromatic heterocycles. The minimum Gasteiger partial charge on any atom is -0.491 e. The lowest BCUT2D eigenvalue weighted by Gasteiger charge is -2.10.